The number of carbonyl (C=O) groups is 2. The van der Waals surface area contributed by atoms with Gasteiger partial charge in [-0.25, -0.2) is 0 Å². The van der Waals surface area contributed by atoms with Gasteiger partial charge < -0.3 is 20.9 Å². The van der Waals surface area contributed by atoms with E-state index in [1.54, 1.807) is 4.90 Å². The topological polar surface area (TPSA) is 78.7 Å². The Morgan fingerprint density at radius 2 is 1.82 bits per heavy atom. The van der Waals surface area contributed by atoms with Gasteiger partial charge in [0.05, 0.1) is 13.1 Å². The maximum Gasteiger partial charge on any atom is 0.242 e. The zero-order valence-electron chi connectivity index (χ0n) is 11.0. The summed E-state index contributed by atoms with van der Waals surface area (Å²) in [5, 5.41) is 2.49. The van der Waals surface area contributed by atoms with E-state index in [1.165, 1.54) is 0 Å². The molecule has 0 aliphatic carbocycles. The molecule has 0 aromatic heterocycles. The third-order valence-corrected chi connectivity index (χ3v) is 2.29. The largest absolute Gasteiger partial charge is 0.346 e. The molecule has 0 fully saturated rings. The van der Waals surface area contributed by atoms with Crippen LogP contribution in [0.2, 0.25) is 0 Å². The molecule has 0 aromatic carbocycles. The lowest BCUT2D eigenvalue weighted by atomic mass is 10.3. The maximum atomic E-state index is 11.8. The molecule has 0 spiro atoms. The zero-order valence-corrected chi connectivity index (χ0v) is 11.0. The molecular weight excluding hydrogens is 220 g/mol. The average molecular weight is 244 g/mol. The fourth-order valence-corrected chi connectivity index (χ4v) is 1.31. The van der Waals surface area contributed by atoms with Gasteiger partial charge in [-0.3, -0.25) is 9.59 Å². The highest BCUT2D eigenvalue weighted by Gasteiger charge is 2.13. The van der Waals surface area contributed by atoms with Gasteiger partial charge in [0.15, 0.2) is 0 Å². The molecule has 100 valence electrons. The van der Waals surface area contributed by atoms with Gasteiger partial charge in [0.2, 0.25) is 11.8 Å². The molecule has 0 radical (unpaired) electrons. The monoisotopic (exact) mass is 244 g/mol. The summed E-state index contributed by atoms with van der Waals surface area (Å²) < 4.78 is 0. The molecule has 0 bridgehead atoms. The minimum absolute atomic E-state index is 0.0312. The van der Waals surface area contributed by atoms with Crippen molar-refractivity contribution < 1.29 is 9.59 Å². The van der Waals surface area contributed by atoms with Crippen LogP contribution in [0.4, 0.5) is 0 Å². The average Bonchev–Trinajstić information content (AvgIpc) is 2.30. The lowest BCUT2D eigenvalue weighted by Crippen LogP contribution is -2.44. The number of nitrogens with zero attached hydrogens (tertiary/aromatic N) is 2. The second kappa shape index (κ2) is 8.95. The van der Waals surface area contributed by atoms with Crippen molar-refractivity contribution in [3.05, 3.63) is 0 Å². The molecule has 17 heavy (non-hydrogen) atoms. The number of hydrogen-bond donors (Lipinski definition) is 2. The van der Waals surface area contributed by atoms with Gasteiger partial charge in [0, 0.05) is 19.6 Å². The van der Waals surface area contributed by atoms with Crippen molar-refractivity contribution in [1.29, 1.82) is 0 Å². The van der Waals surface area contributed by atoms with E-state index in [1.807, 2.05) is 25.9 Å². The van der Waals surface area contributed by atoms with Crippen LogP contribution in [0.25, 0.3) is 0 Å². The molecule has 0 saturated heterocycles. The fraction of sp³-hybridized carbons (Fsp3) is 0.818. The molecule has 0 rings (SSSR count). The minimum atomic E-state index is -0.303. The summed E-state index contributed by atoms with van der Waals surface area (Å²) in [6.07, 6.45) is 0.907. The number of rotatable bonds is 8. The zero-order chi connectivity index (χ0) is 13.3. The molecule has 0 saturated carbocycles. The van der Waals surface area contributed by atoms with Gasteiger partial charge in [-0.15, -0.1) is 0 Å². The van der Waals surface area contributed by atoms with E-state index in [0.717, 1.165) is 13.0 Å². The van der Waals surface area contributed by atoms with Crippen molar-refractivity contribution in [3.8, 4) is 0 Å². The smallest absolute Gasteiger partial charge is 0.242 e. The van der Waals surface area contributed by atoms with Crippen LogP contribution < -0.4 is 11.1 Å². The van der Waals surface area contributed by atoms with Crippen LogP contribution in [0.15, 0.2) is 0 Å². The van der Waals surface area contributed by atoms with Crippen LogP contribution >= 0.6 is 0 Å². The van der Waals surface area contributed by atoms with Gasteiger partial charge >= 0.3 is 0 Å². The molecule has 0 unspecified atom stereocenters. The van der Waals surface area contributed by atoms with Crippen LogP contribution in [0, 0.1) is 0 Å². The minimum Gasteiger partial charge on any atom is -0.346 e. The lowest BCUT2D eigenvalue weighted by Gasteiger charge is -2.24. The third-order valence-electron chi connectivity index (χ3n) is 2.29. The van der Waals surface area contributed by atoms with Crippen molar-refractivity contribution >= 4 is 11.8 Å². The normalized spacial score (nSPS) is 10.4. The molecule has 6 nitrogen and oxygen atoms in total. The van der Waals surface area contributed by atoms with Crippen LogP contribution in [-0.4, -0.2) is 68.4 Å². The predicted octanol–water partition coefficient (Wildman–Crippen LogP) is -1.14. The van der Waals surface area contributed by atoms with Crippen LogP contribution in [0.1, 0.15) is 13.3 Å². The Bertz CT molecular complexity index is 244. The summed E-state index contributed by atoms with van der Waals surface area (Å²) in [6, 6.07) is 0. The highest BCUT2D eigenvalue weighted by molar-refractivity contribution is 5.85. The van der Waals surface area contributed by atoms with Gasteiger partial charge in [0.1, 0.15) is 0 Å². The molecule has 0 atom stereocenters. The number of nitrogens with one attached hydrogen (secondary N) is 1. The van der Waals surface area contributed by atoms with Crippen LogP contribution in [0.3, 0.4) is 0 Å². The number of carbonyl (C=O) groups excluding carboxylic acids is 2. The van der Waals surface area contributed by atoms with E-state index < -0.39 is 0 Å². The lowest BCUT2D eigenvalue weighted by molar-refractivity contribution is -0.132. The van der Waals surface area contributed by atoms with Crippen molar-refractivity contribution in [2.24, 2.45) is 5.73 Å². The standard InChI is InChI=1S/C11H24N4O2/c1-4-5-15(7-6-14(2)3)11(17)9-13-10(16)8-12/h4-9,12H2,1-3H3,(H,13,16). The first-order valence-corrected chi connectivity index (χ1v) is 5.90. The SMILES string of the molecule is CCCN(CCN(C)C)C(=O)CNC(=O)CN. The fourth-order valence-electron chi connectivity index (χ4n) is 1.31. The molecular formula is C11H24N4O2. The van der Waals surface area contributed by atoms with Gasteiger partial charge in [-0.1, -0.05) is 6.92 Å². The first kappa shape index (κ1) is 15.9. The molecule has 0 aliphatic rings. The Balaban J connectivity index is 4.09. The first-order valence-electron chi connectivity index (χ1n) is 5.90. The number of likely N-dealkylation sites (N-methyl/N-ethyl adjacent to an activating group) is 1. The van der Waals surface area contributed by atoms with Crippen molar-refractivity contribution in [2.45, 2.75) is 13.3 Å². The number of amides is 2. The molecule has 6 heteroatoms. The Kier molecular flexibility index (Phi) is 8.35. The molecule has 0 heterocycles. The van der Waals surface area contributed by atoms with E-state index in [0.29, 0.717) is 13.1 Å². The van der Waals surface area contributed by atoms with E-state index in [4.69, 9.17) is 5.73 Å². The Labute approximate surface area is 103 Å². The van der Waals surface area contributed by atoms with Gasteiger partial charge in [0.25, 0.3) is 0 Å². The highest BCUT2D eigenvalue weighted by Crippen LogP contribution is 1.93. The van der Waals surface area contributed by atoms with E-state index in [-0.39, 0.29) is 24.9 Å². The quantitative estimate of drug-likeness (QED) is 0.566. The highest BCUT2D eigenvalue weighted by atomic mass is 16.2. The third kappa shape index (κ3) is 7.70. The summed E-state index contributed by atoms with van der Waals surface area (Å²) in [7, 11) is 3.93. The van der Waals surface area contributed by atoms with Crippen molar-refractivity contribution in [2.75, 3.05) is 46.8 Å². The Hall–Kier alpha value is -1.14. The summed E-state index contributed by atoms with van der Waals surface area (Å²) in [5.41, 5.74) is 5.15. The van der Waals surface area contributed by atoms with Crippen LogP contribution in [0.5, 0.6) is 0 Å². The number of hydrogen-bond acceptors (Lipinski definition) is 4. The van der Waals surface area contributed by atoms with E-state index in [9.17, 15) is 9.59 Å². The van der Waals surface area contributed by atoms with E-state index in [2.05, 4.69) is 5.32 Å². The predicted molar refractivity (Wildman–Crippen MR) is 67.5 cm³/mol. The molecule has 0 aliphatic heterocycles. The Morgan fingerprint density at radius 3 is 2.29 bits per heavy atom. The Morgan fingerprint density at radius 1 is 1.18 bits per heavy atom. The van der Waals surface area contributed by atoms with Crippen molar-refractivity contribution in [1.82, 2.24) is 15.1 Å². The molecule has 0 aromatic rings. The van der Waals surface area contributed by atoms with Crippen molar-refractivity contribution in [3.63, 3.8) is 0 Å². The summed E-state index contributed by atoms with van der Waals surface area (Å²) in [4.78, 5) is 26.5. The maximum absolute atomic E-state index is 11.8. The second-order valence-corrected chi connectivity index (χ2v) is 4.16. The van der Waals surface area contributed by atoms with Gasteiger partial charge in [-0.2, -0.15) is 0 Å². The van der Waals surface area contributed by atoms with E-state index >= 15 is 0 Å². The summed E-state index contributed by atoms with van der Waals surface area (Å²) >= 11 is 0. The van der Waals surface area contributed by atoms with Crippen LogP contribution in [-0.2, 0) is 9.59 Å². The summed E-state index contributed by atoms with van der Waals surface area (Å²) in [5.74, 6) is -0.363. The molecule has 3 N–H and O–H groups in total. The summed E-state index contributed by atoms with van der Waals surface area (Å²) in [6.45, 7) is 4.18. The second-order valence-electron chi connectivity index (χ2n) is 4.16. The number of nitrogens with two attached hydrogens (primary N) is 1. The first-order chi connectivity index (χ1) is 8.01. The van der Waals surface area contributed by atoms with Gasteiger partial charge in [-0.05, 0) is 20.5 Å². The molecule has 2 amide bonds.